The molecular weight excluding hydrogens is 370 g/mol. The molecule has 0 N–H and O–H groups in total. The van der Waals surface area contributed by atoms with E-state index >= 15 is 0 Å². The SMILES string of the molecule is Cc1nnc(N2CCN(C(=O)c3ccc(C)c(S(=O)(=O)N(C)C)c3)CC2)o1. The second-order valence-electron chi connectivity index (χ2n) is 6.65. The fraction of sp³-hybridized carbons (Fsp3) is 0.471. The fourth-order valence-corrected chi connectivity index (χ4v) is 4.05. The Labute approximate surface area is 158 Å². The van der Waals surface area contributed by atoms with Crippen LogP contribution in [0, 0.1) is 13.8 Å². The number of anilines is 1. The van der Waals surface area contributed by atoms with Gasteiger partial charge in [-0.25, -0.2) is 12.7 Å². The molecule has 10 heteroatoms. The molecule has 27 heavy (non-hydrogen) atoms. The summed E-state index contributed by atoms with van der Waals surface area (Å²) in [4.78, 5) is 16.6. The van der Waals surface area contributed by atoms with Gasteiger partial charge in [0.25, 0.3) is 5.91 Å². The summed E-state index contributed by atoms with van der Waals surface area (Å²) in [5, 5.41) is 7.82. The van der Waals surface area contributed by atoms with Gasteiger partial charge in [0.2, 0.25) is 15.9 Å². The predicted molar refractivity (Wildman–Crippen MR) is 99.2 cm³/mol. The summed E-state index contributed by atoms with van der Waals surface area (Å²) >= 11 is 0. The molecule has 1 aromatic heterocycles. The molecule has 0 saturated carbocycles. The summed E-state index contributed by atoms with van der Waals surface area (Å²) in [5.74, 6) is 0.310. The van der Waals surface area contributed by atoms with Gasteiger partial charge in [-0.05, 0) is 24.6 Å². The van der Waals surface area contributed by atoms with Crippen LogP contribution in [0.25, 0.3) is 0 Å². The lowest BCUT2D eigenvalue weighted by molar-refractivity contribution is 0.0744. The number of carbonyl (C=O) groups excluding carboxylic acids is 1. The van der Waals surface area contributed by atoms with Crippen LogP contribution in [0.2, 0.25) is 0 Å². The molecule has 0 bridgehead atoms. The number of benzene rings is 1. The van der Waals surface area contributed by atoms with Gasteiger partial charge in [-0.15, -0.1) is 5.10 Å². The van der Waals surface area contributed by atoms with Gasteiger partial charge in [-0.1, -0.05) is 11.2 Å². The van der Waals surface area contributed by atoms with E-state index in [0.717, 1.165) is 4.31 Å². The highest BCUT2D eigenvalue weighted by molar-refractivity contribution is 7.89. The number of hydrogen-bond acceptors (Lipinski definition) is 7. The van der Waals surface area contributed by atoms with Crippen molar-refractivity contribution in [3.05, 3.63) is 35.2 Å². The number of aryl methyl sites for hydroxylation is 2. The second kappa shape index (κ2) is 7.28. The Morgan fingerprint density at radius 2 is 1.78 bits per heavy atom. The van der Waals surface area contributed by atoms with Crippen molar-refractivity contribution in [3.8, 4) is 0 Å². The minimum absolute atomic E-state index is 0.151. The minimum atomic E-state index is -3.61. The van der Waals surface area contributed by atoms with Gasteiger partial charge >= 0.3 is 6.01 Å². The molecule has 1 amide bonds. The number of hydrogen-bond donors (Lipinski definition) is 0. The largest absolute Gasteiger partial charge is 0.408 e. The number of sulfonamides is 1. The minimum Gasteiger partial charge on any atom is -0.408 e. The monoisotopic (exact) mass is 393 g/mol. The van der Waals surface area contributed by atoms with E-state index in [-0.39, 0.29) is 10.8 Å². The van der Waals surface area contributed by atoms with Gasteiger partial charge in [-0.2, -0.15) is 0 Å². The predicted octanol–water partition coefficient (Wildman–Crippen LogP) is 0.899. The molecule has 1 aromatic carbocycles. The van der Waals surface area contributed by atoms with E-state index in [2.05, 4.69) is 10.2 Å². The Kier molecular flexibility index (Phi) is 5.20. The van der Waals surface area contributed by atoms with Gasteiger partial charge < -0.3 is 14.2 Å². The van der Waals surface area contributed by atoms with E-state index < -0.39 is 10.0 Å². The number of piperazine rings is 1. The highest BCUT2D eigenvalue weighted by Crippen LogP contribution is 2.22. The number of carbonyl (C=O) groups is 1. The zero-order valence-electron chi connectivity index (χ0n) is 15.8. The fourth-order valence-electron chi connectivity index (χ4n) is 2.91. The van der Waals surface area contributed by atoms with E-state index in [1.54, 1.807) is 30.9 Å². The third-order valence-corrected chi connectivity index (χ3v) is 6.50. The van der Waals surface area contributed by atoms with E-state index in [0.29, 0.717) is 49.2 Å². The third kappa shape index (κ3) is 3.81. The lowest BCUT2D eigenvalue weighted by Crippen LogP contribution is -2.49. The molecule has 0 unspecified atom stereocenters. The maximum absolute atomic E-state index is 12.9. The van der Waals surface area contributed by atoms with Crippen LogP contribution in [0.5, 0.6) is 0 Å². The maximum atomic E-state index is 12.9. The second-order valence-corrected chi connectivity index (χ2v) is 8.77. The summed E-state index contributed by atoms with van der Waals surface area (Å²) in [6, 6.07) is 5.25. The van der Waals surface area contributed by atoms with Gasteiger partial charge in [0.1, 0.15) is 0 Å². The quantitative estimate of drug-likeness (QED) is 0.761. The lowest BCUT2D eigenvalue weighted by Gasteiger charge is -2.33. The molecule has 146 valence electrons. The van der Waals surface area contributed by atoms with Crippen molar-refractivity contribution in [3.63, 3.8) is 0 Å². The first-order chi connectivity index (χ1) is 12.7. The van der Waals surface area contributed by atoms with Gasteiger partial charge in [0.15, 0.2) is 0 Å². The van der Waals surface area contributed by atoms with E-state index in [1.807, 2.05) is 4.90 Å². The molecule has 1 aliphatic rings. The van der Waals surface area contributed by atoms with Crippen LogP contribution in [-0.2, 0) is 10.0 Å². The lowest BCUT2D eigenvalue weighted by atomic mass is 10.1. The highest BCUT2D eigenvalue weighted by atomic mass is 32.2. The smallest absolute Gasteiger partial charge is 0.318 e. The molecule has 0 aliphatic carbocycles. The van der Waals surface area contributed by atoms with E-state index in [4.69, 9.17) is 4.42 Å². The summed E-state index contributed by atoms with van der Waals surface area (Å²) in [6.45, 7) is 5.57. The molecule has 0 atom stereocenters. The Balaban J connectivity index is 1.75. The van der Waals surface area contributed by atoms with Crippen LogP contribution in [-0.4, -0.2) is 74.0 Å². The summed E-state index contributed by atoms with van der Waals surface area (Å²) in [6.07, 6.45) is 0. The first-order valence-electron chi connectivity index (χ1n) is 8.57. The molecule has 1 fully saturated rings. The normalized spacial score (nSPS) is 15.4. The molecule has 0 radical (unpaired) electrons. The summed E-state index contributed by atoms with van der Waals surface area (Å²) in [5.41, 5.74) is 0.972. The Hall–Kier alpha value is -2.46. The Morgan fingerprint density at radius 3 is 2.33 bits per heavy atom. The first-order valence-corrected chi connectivity index (χ1v) is 10.0. The number of aromatic nitrogens is 2. The van der Waals surface area contributed by atoms with Crippen LogP contribution in [0.3, 0.4) is 0 Å². The molecule has 2 heterocycles. The first kappa shape index (κ1) is 19.3. The number of nitrogens with zero attached hydrogens (tertiary/aromatic N) is 5. The van der Waals surface area contributed by atoms with Crippen molar-refractivity contribution in [2.75, 3.05) is 45.2 Å². The Bertz CT molecular complexity index is 946. The van der Waals surface area contributed by atoms with E-state index in [9.17, 15) is 13.2 Å². The molecule has 9 nitrogen and oxygen atoms in total. The van der Waals surface area contributed by atoms with E-state index in [1.165, 1.54) is 20.2 Å². The van der Waals surface area contributed by atoms with Crippen LogP contribution < -0.4 is 4.90 Å². The van der Waals surface area contributed by atoms with Crippen LogP contribution >= 0.6 is 0 Å². The van der Waals surface area contributed by atoms with Crippen molar-refractivity contribution in [1.82, 2.24) is 19.4 Å². The summed E-state index contributed by atoms with van der Waals surface area (Å²) in [7, 11) is -0.662. The van der Waals surface area contributed by atoms with Crippen LogP contribution in [0.1, 0.15) is 21.8 Å². The van der Waals surface area contributed by atoms with Gasteiger partial charge in [0.05, 0.1) is 4.90 Å². The number of amides is 1. The van der Waals surface area contributed by atoms with Crippen molar-refractivity contribution >= 4 is 21.9 Å². The van der Waals surface area contributed by atoms with Gasteiger partial charge in [0, 0.05) is 52.8 Å². The average Bonchev–Trinajstić information content (AvgIpc) is 3.08. The maximum Gasteiger partial charge on any atom is 0.318 e. The Morgan fingerprint density at radius 1 is 1.11 bits per heavy atom. The topological polar surface area (TPSA) is 99.8 Å². The number of rotatable bonds is 4. The molecule has 2 aromatic rings. The molecule has 0 spiro atoms. The molecular formula is C17H23N5O4S. The molecule has 1 saturated heterocycles. The zero-order valence-corrected chi connectivity index (χ0v) is 16.7. The van der Waals surface area contributed by atoms with Crippen molar-refractivity contribution in [1.29, 1.82) is 0 Å². The standard InChI is InChI=1S/C17H23N5O4S/c1-12-5-6-14(11-15(12)27(24,25)20(3)4)16(23)21-7-9-22(10-8-21)17-19-18-13(2)26-17/h5-6,11H,7-10H2,1-4H3. The van der Waals surface area contributed by atoms with Crippen molar-refractivity contribution in [2.45, 2.75) is 18.7 Å². The van der Waals surface area contributed by atoms with Gasteiger partial charge in [-0.3, -0.25) is 4.79 Å². The summed E-state index contributed by atoms with van der Waals surface area (Å²) < 4.78 is 31.5. The van der Waals surface area contributed by atoms with Crippen molar-refractivity contribution in [2.24, 2.45) is 0 Å². The third-order valence-electron chi connectivity index (χ3n) is 4.55. The highest BCUT2D eigenvalue weighted by Gasteiger charge is 2.27. The molecule has 1 aliphatic heterocycles. The van der Waals surface area contributed by atoms with Crippen molar-refractivity contribution < 1.29 is 17.6 Å². The average molecular weight is 393 g/mol. The van der Waals surface area contributed by atoms with Crippen LogP contribution in [0.15, 0.2) is 27.5 Å². The van der Waals surface area contributed by atoms with Crippen LogP contribution in [0.4, 0.5) is 6.01 Å². The zero-order chi connectivity index (χ0) is 19.8. The molecule has 3 rings (SSSR count).